The molecule has 0 saturated heterocycles. The van der Waals surface area contributed by atoms with Crippen molar-refractivity contribution in [2.75, 3.05) is 11.6 Å². The highest BCUT2D eigenvalue weighted by Gasteiger charge is 2.00. The van der Waals surface area contributed by atoms with Gasteiger partial charge < -0.3 is 0 Å². The molecule has 0 aromatic heterocycles. The first-order chi connectivity index (χ1) is 7.81. The highest BCUT2D eigenvalue weighted by Crippen LogP contribution is 2.17. The van der Waals surface area contributed by atoms with E-state index in [0.29, 0.717) is 0 Å². The summed E-state index contributed by atoms with van der Waals surface area (Å²) in [5, 5.41) is 0.752. The lowest BCUT2D eigenvalue weighted by Gasteiger charge is -2.08. The largest absolute Gasteiger partial charge is 0.159 e. The van der Waals surface area contributed by atoms with Gasteiger partial charge in [0.15, 0.2) is 0 Å². The summed E-state index contributed by atoms with van der Waals surface area (Å²) in [4.78, 5) is 0. The van der Waals surface area contributed by atoms with E-state index in [0.717, 1.165) is 17.6 Å². The van der Waals surface area contributed by atoms with E-state index in [1.54, 1.807) is 0 Å². The van der Waals surface area contributed by atoms with Gasteiger partial charge in [0.05, 0.1) is 0 Å². The minimum atomic E-state index is 0.752. The highest BCUT2D eigenvalue weighted by molar-refractivity contribution is 7.99. The van der Waals surface area contributed by atoms with Crippen molar-refractivity contribution < 1.29 is 0 Å². The molecule has 0 heterocycles. The van der Waals surface area contributed by atoms with E-state index in [9.17, 15) is 0 Å². The summed E-state index contributed by atoms with van der Waals surface area (Å²) < 4.78 is 0. The molecule has 0 spiro atoms. The monoisotopic (exact) mass is 264 g/mol. The summed E-state index contributed by atoms with van der Waals surface area (Å²) >= 11 is 7.79. The third kappa shape index (κ3) is 12.7. The van der Waals surface area contributed by atoms with E-state index < -0.39 is 0 Å². The van der Waals surface area contributed by atoms with Gasteiger partial charge in [-0.3, -0.25) is 0 Å². The van der Waals surface area contributed by atoms with Gasteiger partial charge in [-0.1, -0.05) is 58.8 Å². The molecule has 1 unspecified atom stereocenters. The number of alkyl halides is 1. The van der Waals surface area contributed by atoms with E-state index in [1.165, 1.54) is 57.1 Å². The predicted molar refractivity (Wildman–Crippen MR) is 79.9 cm³/mol. The first-order valence-electron chi connectivity index (χ1n) is 6.98. The number of halogens is 1. The van der Waals surface area contributed by atoms with Crippen LogP contribution in [0.25, 0.3) is 0 Å². The number of hydrogen-bond acceptors (Lipinski definition) is 1. The summed E-state index contributed by atoms with van der Waals surface area (Å²) in [5.41, 5.74) is 0. The Morgan fingerprint density at radius 2 is 1.50 bits per heavy atom. The first-order valence-corrected chi connectivity index (χ1v) is 8.57. The van der Waals surface area contributed by atoms with Gasteiger partial charge in [0.2, 0.25) is 0 Å². The van der Waals surface area contributed by atoms with Gasteiger partial charge in [-0.05, 0) is 18.6 Å². The molecule has 0 amide bonds. The lowest BCUT2D eigenvalue weighted by molar-refractivity contribution is 0.586. The van der Waals surface area contributed by atoms with Gasteiger partial charge in [0, 0.05) is 11.1 Å². The molecule has 0 aromatic rings. The molecule has 0 nitrogen and oxygen atoms in total. The molecular formula is C14H29ClS. The zero-order valence-electron chi connectivity index (χ0n) is 11.1. The van der Waals surface area contributed by atoms with Crippen LogP contribution in [0.15, 0.2) is 0 Å². The van der Waals surface area contributed by atoms with Crippen LogP contribution in [0.2, 0.25) is 0 Å². The standard InChI is InChI=1S/C14H29ClS/c1-3-4-5-6-7-8-9-10-13-16-14(2)11-12-15/h14H,3-13H2,1-2H3. The summed E-state index contributed by atoms with van der Waals surface area (Å²) in [6.07, 6.45) is 12.5. The Morgan fingerprint density at radius 3 is 2.06 bits per heavy atom. The van der Waals surface area contributed by atoms with Crippen molar-refractivity contribution in [1.29, 1.82) is 0 Å². The minimum Gasteiger partial charge on any atom is -0.159 e. The van der Waals surface area contributed by atoms with Crippen LogP contribution < -0.4 is 0 Å². The Morgan fingerprint density at radius 1 is 0.938 bits per heavy atom. The molecule has 0 N–H and O–H groups in total. The molecule has 0 rings (SSSR count). The second-order valence-electron chi connectivity index (χ2n) is 4.63. The second kappa shape index (κ2) is 13.7. The van der Waals surface area contributed by atoms with Crippen molar-refractivity contribution >= 4 is 23.4 Å². The third-order valence-corrected chi connectivity index (χ3v) is 4.46. The lowest BCUT2D eigenvalue weighted by Crippen LogP contribution is -1.98. The van der Waals surface area contributed by atoms with Crippen LogP contribution in [0.4, 0.5) is 0 Å². The van der Waals surface area contributed by atoms with Crippen molar-refractivity contribution in [2.45, 2.75) is 76.9 Å². The van der Waals surface area contributed by atoms with Gasteiger partial charge >= 0.3 is 0 Å². The molecule has 0 fully saturated rings. The van der Waals surface area contributed by atoms with Crippen molar-refractivity contribution in [1.82, 2.24) is 0 Å². The fraction of sp³-hybridized carbons (Fsp3) is 1.00. The average Bonchev–Trinajstić information content (AvgIpc) is 2.27. The van der Waals surface area contributed by atoms with Crippen molar-refractivity contribution in [3.63, 3.8) is 0 Å². The van der Waals surface area contributed by atoms with E-state index >= 15 is 0 Å². The summed E-state index contributed by atoms with van der Waals surface area (Å²) in [7, 11) is 0. The molecule has 98 valence electrons. The SMILES string of the molecule is CCCCCCCCCCSC(C)CCCl. The number of rotatable bonds is 12. The van der Waals surface area contributed by atoms with Crippen molar-refractivity contribution in [2.24, 2.45) is 0 Å². The maximum Gasteiger partial charge on any atom is 0.0233 e. The van der Waals surface area contributed by atoms with E-state index in [4.69, 9.17) is 11.6 Å². The van der Waals surface area contributed by atoms with Crippen molar-refractivity contribution in [3.8, 4) is 0 Å². The zero-order chi connectivity index (χ0) is 12.1. The second-order valence-corrected chi connectivity index (χ2v) is 6.56. The molecule has 0 saturated carbocycles. The summed E-state index contributed by atoms with van der Waals surface area (Å²) in [5.74, 6) is 2.14. The molecule has 0 aliphatic heterocycles. The van der Waals surface area contributed by atoms with Crippen LogP contribution in [0, 0.1) is 0 Å². The smallest absolute Gasteiger partial charge is 0.0233 e. The predicted octanol–water partition coefficient (Wildman–Crippen LogP) is 5.88. The molecule has 0 radical (unpaired) electrons. The zero-order valence-corrected chi connectivity index (χ0v) is 12.7. The Hall–Kier alpha value is 0.640. The Labute approximate surface area is 112 Å². The third-order valence-electron chi connectivity index (χ3n) is 2.92. The van der Waals surface area contributed by atoms with Gasteiger partial charge in [-0.15, -0.1) is 11.6 Å². The fourth-order valence-electron chi connectivity index (χ4n) is 1.76. The molecule has 0 bridgehead atoms. The van der Waals surface area contributed by atoms with Gasteiger partial charge in [0.25, 0.3) is 0 Å². The molecule has 2 heteroatoms. The maximum absolute atomic E-state index is 5.71. The lowest BCUT2D eigenvalue weighted by atomic mass is 10.1. The normalized spacial score (nSPS) is 12.9. The van der Waals surface area contributed by atoms with Crippen LogP contribution >= 0.6 is 23.4 Å². The Balaban J connectivity index is 2.98. The minimum absolute atomic E-state index is 0.752. The average molecular weight is 265 g/mol. The topological polar surface area (TPSA) is 0 Å². The molecule has 16 heavy (non-hydrogen) atoms. The van der Waals surface area contributed by atoms with Crippen LogP contribution in [0.5, 0.6) is 0 Å². The quantitative estimate of drug-likeness (QED) is 0.313. The van der Waals surface area contributed by atoms with E-state index in [1.807, 2.05) is 0 Å². The number of hydrogen-bond donors (Lipinski definition) is 0. The Kier molecular flexibility index (Phi) is 14.3. The number of unbranched alkanes of at least 4 members (excludes halogenated alkanes) is 7. The van der Waals surface area contributed by atoms with E-state index in [-0.39, 0.29) is 0 Å². The van der Waals surface area contributed by atoms with Gasteiger partial charge in [0.1, 0.15) is 0 Å². The Bertz CT molecular complexity index is 128. The first kappa shape index (κ1) is 16.6. The summed E-state index contributed by atoms with van der Waals surface area (Å²) in [6.45, 7) is 4.57. The molecular weight excluding hydrogens is 236 g/mol. The van der Waals surface area contributed by atoms with Crippen LogP contribution in [-0.2, 0) is 0 Å². The van der Waals surface area contributed by atoms with Crippen LogP contribution in [-0.4, -0.2) is 16.9 Å². The van der Waals surface area contributed by atoms with Crippen LogP contribution in [0.1, 0.15) is 71.6 Å². The van der Waals surface area contributed by atoms with E-state index in [2.05, 4.69) is 25.6 Å². The molecule has 0 aliphatic carbocycles. The summed E-state index contributed by atoms with van der Waals surface area (Å²) in [6, 6.07) is 0. The van der Waals surface area contributed by atoms with Gasteiger partial charge in [-0.2, -0.15) is 11.8 Å². The molecule has 0 aliphatic rings. The van der Waals surface area contributed by atoms with Crippen molar-refractivity contribution in [3.05, 3.63) is 0 Å². The number of thioether (sulfide) groups is 1. The maximum atomic E-state index is 5.71. The van der Waals surface area contributed by atoms with Crippen LogP contribution in [0.3, 0.4) is 0 Å². The highest BCUT2D eigenvalue weighted by atomic mass is 35.5. The molecule has 0 aromatic carbocycles. The fourth-order valence-corrected chi connectivity index (χ4v) is 3.27. The molecule has 1 atom stereocenters. The van der Waals surface area contributed by atoms with Gasteiger partial charge in [-0.25, -0.2) is 0 Å².